The number of carbonyl (C=O) groups excluding carboxylic acids is 2. The lowest BCUT2D eigenvalue weighted by Crippen LogP contribution is -2.29. The normalized spacial score (nSPS) is 15.7. The number of nitrogens with zero attached hydrogens (tertiary/aromatic N) is 1. The lowest BCUT2D eigenvalue weighted by atomic mass is 9.97. The monoisotopic (exact) mass is 375 g/mol. The maximum atomic E-state index is 11.9. The van der Waals surface area contributed by atoms with Crippen molar-refractivity contribution >= 4 is 27.7 Å². The first-order chi connectivity index (χ1) is 12.2. The van der Waals surface area contributed by atoms with Gasteiger partial charge < -0.3 is 10.8 Å². The van der Waals surface area contributed by atoms with E-state index in [1.54, 1.807) is 18.2 Å². The van der Waals surface area contributed by atoms with Gasteiger partial charge in [0.15, 0.2) is 0 Å². The highest BCUT2D eigenvalue weighted by Crippen LogP contribution is 2.32. The molecule has 9 heteroatoms. The molecule has 0 radical (unpaired) electrons. The van der Waals surface area contributed by atoms with E-state index >= 15 is 0 Å². The number of amides is 2. The Bertz CT molecular complexity index is 1020. The Morgan fingerprint density at radius 3 is 2.58 bits per heavy atom. The average Bonchev–Trinajstić information content (AvgIpc) is 2.79. The number of nitrogens with one attached hydrogen (secondary N) is 1. The second-order valence-corrected chi connectivity index (χ2v) is 7.66. The van der Waals surface area contributed by atoms with Gasteiger partial charge in [0.1, 0.15) is 12.3 Å². The van der Waals surface area contributed by atoms with Crippen LogP contribution in [0.1, 0.15) is 27.0 Å². The van der Waals surface area contributed by atoms with Gasteiger partial charge in [-0.1, -0.05) is 23.8 Å². The number of anilines is 1. The highest BCUT2D eigenvalue weighted by atomic mass is 32.2. The molecule has 0 saturated carbocycles. The standard InChI is InChI=1S/C17H17N3O5S/c1-10-2-4-13(17(18)23)12(6-10)7-11-3-5-14(15(21)8-11)20-9-16(22)19-26(20,24)25/h2-6,8,21H,7,9H2,1H3,(H2,18,23)(H,19,22). The van der Waals surface area contributed by atoms with Gasteiger partial charge in [0.25, 0.3) is 5.91 Å². The summed E-state index contributed by atoms with van der Waals surface area (Å²) in [6.07, 6.45) is 0.331. The van der Waals surface area contributed by atoms with Crippen LogP contribution in [0.2, 0.25) is 0 Å². The molecule has 1 saturated heterocycles. The third kappa shape index (κ3) is 3.33. The first-order valence-electron chi connectivity index (χ1n) is 7.72. The van der Waals surface area contributed by atoms with Crippen molar-refractivity contribution in [2.75, 3.05) is 10.8 Å². The number of hydrogen-bond acceptors (Lipinski definition) is 5. The smallest absolute Gasteiger partial charge is 0.326 e. The molecule has 2 aromatic rings. The van der Waals surface area contributed by atoms with Crippen molar-refractivity contribution in [1.29, 1.82) is 0 Å². The predicted molar refractivity (Wildman–Crippen MR) is 95.0 cm³/mol. The molecule has 0 spiro atoms. The van der Waals surface area contributed by atoms with Gasteiger partial charge in [-0.3, -0.25) is 9.59 Å². The Morgan fingerprint density at radius 2 is 2.00 bits per heavy atom. The van der Waals surface area contributed by atoms with Gasteiger partial charge in [-0.2, -0.15) is 8.42 Å². The van der Waals surface area contributed by atoms with Crippen molar-refractivity contribution in [2.45, 2.75) is 13.3 Å². The van der Waals surface area contributed by atoms with Crippen LogP contribution in [0, 0.1) is 6.92 Å². The van der Waals surface area contributed by atoms with Crippen LogP contribution in [0.25, 0.3) is 0 Å². The quantitative estimate of drug-likeness (QED) is 0.719. The van der Waals surface area contributed by atoms with Crippen LogP contribution in [-0.4, -0.2) is 31.9 Å². The zero-order chi connectivity index (χ0) is 19.1. The molecule has 1 aliphatic heterocycles. The summed E-state index contributed by atoms with van der Waals surface area (Å²) in [5, 5.41) is 10.2. The van der Waals surface area contributed by atoms with E-state index in [1.807, 2.05) is 17.7 Å². The third-order valence-electron chi connectivity index (χ3n) is 4.05. The van der Waals surface area contributed by atoms with Gasteiger partial charge in [0.05, 0.1) is 5.69 Å². The Hall–Kier alpha value is -3.07. The number of aryl methyl sites for hydroxylation is 1. The van der Waals surface area contributed by atoms with Gasteiger partial charge in [-0.25, -0.2) is 9.03 Å². The van der Waals surface area contributed by atoms with Crippen molar-refractivity contribution in [3.05, 3.63) is 58.7 Å². The number of carbonyl (C=O) groups is 2. The fourth-order valence-corrected chi connectivity index (χ4v) is 4.04. The van der Waals surface area contributed by atoms with Gasteiger partial charge >= 0.3 is 10.2 Å². The van der Waals surface area contributed by atoms with Crippen LogP contribution in [0.4, 0.5) is 5.69 Å². The molecule has 136 valence electrons. The highest BCUT2D eigenvalue weighted by Gasteiger charge is 2.35. The van der Waals surface area contributed by atoms with E-state index in [-0.39, 0.29) is 18.0 Å². The number of benzene rings is 2. The Labute approximate surface area is 150 Å². The Morgan fingerprint density at radius 1 is 1.27 bits per heavy atom. The summed E-state index contributed by atoms with van der Waals surface area (Å²) >= 11 is 0. The van der Waals surface area contributed by atoms with E-state index in [4.69, 9.17) is 5.73 Å². The molecular weight excluding hydrogens is 358 g/mol. The molecule has 0 atom stereocenters. The first-order valence-corrected chi connectivity index (χ1v) is 9.16. The van der Waals surface area contributed by atoms with Crippen molar-refractivity contribution < 1.29 is 23.1 Å². The second-order valence-electron chi connectivity index (χ2n) is 6.06. The SMILES string of the molecule is Cc1ccc(C(N)=O)c(Cc2ccc(N3CC(=O)NS3(=O)=O)c(O)c2)c1. The third-order valence-corrected chi connectivity index (χ3v) is 5.44. The molecule has 2 aromatic carbocycles. The van der Waals surface area contributed by atoms with E-state index in [2.05, 4.69) is 0 Å². The lowest BCUT2D eigenvalue weighted by molar-refractivity contribution is -0.117. The minimum absolute atomic E-state index is 0.00599. The summed E-state index contributed by atoms with van der Waals surface area (Å²) in [5.41, 5.74) is 8.11. The molecule has 4 N–H and O–H groups in total. The van der Waals surface area contributed by atoms with Crippen LogP contribution >= 0.6 is 0 Å². The van der Waals surface area contributed by atoms with Crippen LogP contribution in [0.5, 0.6) is 5.75 Å². The van der Waals surface area contributed by atoms with Gasteiger partial charge in [0, 0.05) is 5.56 Å². The van der Waals surface area contributed by atoms with Crippen molar-refractivity contribution in [3.63, 3.8) is 0 Å². The molecule has 0 aliphatic carbocycles. The molecule has 3 rings (SSSR count). The maximum Gasteiger partial charge on any atom is 0.326 e. The fraction of sp³-hybridized carbons (Fsp3) is 0.176. The summed E-state index contributed by atoms with van der Waals surface area (Å²) < 4.78 is 26.4. The fourth-order valence-electron chi connectivity index (χ4n) is 2.88. The predicted octanol–water partition coefficient (Wildman–Crippen LogP) is 0.571. The molecule has 1 aliphatic rings. The van der Waals surface area contributed by atoms with E-state index in [0.717, 1.165) is 9.87 Å². The zero-order valence-electron chi connectivity index (χ0n) is 13.9. The number of rotatable bonds is 4. The van der Waals surface area contributed by atoms with Crippen molar-refractivity contribution in [1.82, 2.24) is 4.72 Å². The van der Waals surface area contributed by atoms with Crippen LogP contribution in [-0.2, 0) is 21.4 Å². The summed E-state index contributed by atoms with van der Waals surface area (Å²) in [4.78, 5) is 22.9. The number of nitrogens with two attached hydrogens (primary N) is 1. The van der Waals surface area contributed by atoms with E-state index in [9.17, 15) is 23.1 Å². The molecule has 1 heterocycles. The van der Waals surface area contributed by atoms with E-state index in [1.165, 1.54) is 12.1 Å². The van der Waals surface area contributed by atoms with Gasteiger partial charge in [-0.15, -0.1) is 0 Å². The molecule has 0 bridgehead atoms. The molecule has 8 nitrogen and oxygen atoms in total. The van der Waals surface area contributed by atoms with Gasteiger partial charge in [-0.05, 0) is 42.7 Å². The Kier molecular flexibility index (Phi) is 4.33. The summed E-state index contributed by atoms with van der Waals surface area (Å²) in [6.45, 7) is 1.50. The molecular formula is C17H17N3O5S. The van der Waals surface area contributed by atoms with Crippen LogP contribution < -0.4 is 14.8 Å². The summed E-state index contributed by atoms with van der Waals surface area (Å²) in [5.74, 6) is -1.50. The summed E-state index contributed by atoms with van der Waals surface area (Å²) in [6, 6.07) is 9.71. The van der Waals surface area contributed by atoms with E-state index in [0.29, 0.717) is 23.1 Å². The zero-order valence-corrected chi connectivity index (χ0v) is 14.7. The maximum absolute atomic E-state index is 11.9. The van der Waals surface area contributed by atoms with Gasteiger partial charge in [0.2, 0.25) is 5.91 Å². The van der Waals surface area contributed by atoms with Crippen molar-refractivity contribution in [3.8, 4) is 5.75 Å². The number of primary amides is 1. The van der Waals surface area contributed by atoms with E-state index < -0.39 is 22.0 Å². The highest BCUT2D eigenvalue weighted by molar-refractivity contribution is 7.92. The van der Waals surface area contributed by atoms with Crippen LogP contribution in [0.3, 0.4) is 0 Å². The van der Waals surface area contributed by atoms with Crippen LogP contribution in [0.15, 0.2) is 36.4 Å². The number of aromatic hydroxyl groups is 1. The van der Waals surface area contributed by atoms with Crippen molar-refractivity contribution in [2.24, 2.45) is 5.73 Å². The molecule has 1 fully saturated rings. The number of hydrogen-bond donors (Lipinski definition) is 3. The minimum Gasteiger partial charge on any atom is -0.506 e. The molecule has 2 amide bonds. The average molecular weight is 375 g/mol. The largest absolute Gasteiger partial charge is 0.506 e. The minimum atomic E-state index is -3.99. The number of phenolic OH excluding ortho intramolecular Hbond substituents is 1. The Balaban J connectivity index is 1.93. The lowest BCUT2D eigenvalue weighted by Gasteiger charge is -2.17. The molecule has 0 aromatic heterocycles. The first kappa shape index (κ1) is 17.7. The molecule has 26 heavy (non-hydrogen) atoms. The number of phenols is 1. The second kappa shape index (κ2) is 6.34. The molecule has 0 unspecified atom stereocenters. The topological polar surface area (TPSA) is 130 Å². The summed E-state index contributed by atoms with van der Waals surface area (Å²) in [7, 11) is -3.99.